The van der Waals surface area contributed by atoms with Gasteiger partial charge in [0.1, 0.15) is 12.0 Å². The molecule has 0 bridgehead atoms. The van der Waals surface area contributed by atoms with E-state index in [2.05, 4.69) is 24.4 Å². The lowest BCUT2D eigenvalue weighted by Crippen LogP contribution is -2.19. The van der Waals surface area contributed by atoms with E-state index in [0.717, 1.165) is 33.6 Å². The van der Waals surface area contributed by atoms with Crippen molar-refractivity contribution in [2.24, 2.45) is 0 Å². The summed E-state index contributed by atoms with van der Waals surface area (Å²) in [7, 11) is 1.68. The maximum absolute atomic E-state index is 5.41. The highest BCUT2D eigenvalue weighted by atomic mass is 16.5. The summed E-state index contributed by atoms with van der Waals surface area (Å²) < 4.78 is 10.8. The van der Waals surface area contributed by atoms with Crippen molar-refractivity contribution in [1.29, 1.82) is 0 Å². The van der Waals surface area contributed by atoms with Crippen LogP contribution in [0.3, 0.4) is 0 Å². The molecular formula is C16H18N2O2. The number of hydrogen-bond donors (Lipinski definition) is 1. The van der Waals surface area contributed by atoms with Crippen LogP contribution in [0.2, 0.25) is 0 Å². The summed E-state index contributed by atoms with van der Waals surface area (Å²) in [5.41, 5.74) is 5.04. The van der Waals surface area contributed by atoms with Gasteiger partial charge in [-0.3, -0.25) is 0 Å². The molecule has 0 saturated carbocycles. The van der Waals surface area contributed by atoms with Crippen molar-refractivity contribution in [3.05, 3.63) is 41.3 Å². The predicted molar refractivity (Wildman–Crippen MR) is 79.4 cm³/mol. The Hall–Kier alpha value is -2.23. The van der Waals surface area contributed by atoms with Crippen molar-refractivity contribution in [3.63, 3.8) is 0 Å². The van der Waals surface area contributed by atoms with Crippen molar-refractivity contribution in [2.45, 2.75) is 27.0 Å². The Morgan fingerprint density at radius 2 is 2.10 bits per heavy atom. The number of rotatable bonds is 2. The molecule has 0 spiro atoms. The van der Waals surface area contributed by atoms with E-state index in [-0.39, 0.29) is 6.23 Å². The highest BCUT2D eigenvalue weighted by Crippen LogP contribution is 2.29. The van der Waals surface area contributed by atoms with Gasteiger partial charge in [0.05, 0.1) is 24.0 Å². The number of benzene rings is 1. The van der Waals surface area contributed by atoms with Gasteiger partial charge in [0, 0.05) is 10.9 Å². The lowest BCUT2D eigenvalue weighted by atomic mass is 10.0. The van der Waals surface area contributed by atoms with Gasteiger partial charge in [0.15, 0.2) is 6.23 Å². The molecule has 2 heterocycles. The first kappa shape index (κ1) is 12.8. The Balaban J connectivity index is 2.19. The van der Waals surface area contributed by atoms with Gasteiger partial charge in [-0.2, -0.15) is 0 Å². The summed E-state index contributed by atoms with van der Waals surface area (Å²) in [6.45, 7) is 6.10. The van der Waals surface area contributed by atoms with Gasteiger partial charge < -0.3 is 14.8 Å². The number of aryl methyl sites for hydroxylation is 2. The third kappa shape index (κ3) is 1.97. The first-order valence-corrected chi connectivity index (χ1v) is 6.67. The van der Waals surface area contributed by atoms with Crippen LogP contribution in [0.25, 0.3) is 16.6 Å². The van der Waals surface area contributed by atoms with Crippen LogP contribution in [-0.4, -0.2) is 18.3 Å². The molecule has 1 atom stereocenters. The molecule has 0 radical (unpaired) electrons. The minimum atomic E-state index is -0.00536. The third-order valence-corrected chi connectivity index (χ3v) is 3.64. The second-order valence-electron chi connectivity index (χ2n) is 5.07. The smallest absolute Gasteiger partial charge is 0.166 e. The first-order chi connectivity index (χ1) is 9.60. The minimum absolute atomic E-state index is 0.00536. The van der Waals surface area contributed by atoms with E-state index in [1.165, 1.54) is 5.56 Å². The monoisotopic (exact) mass is 270 g/mol. The van der Waals surface area contributed by atoms with Crippen LogP contribution in [0.4, 0.5) is 0 Å². The number of nitrogens with one attached hydrogen (secondary N) is 1. The second kappa shape index (κ2) is 4.71. The molecule has 0 fully saturated rings. The fourth-order valence-corrected chi connectivity index (χ4v) is 2.53. The number of fused-ring (bicyclic) bond motifs is 1. The third-order valence-electron chi connectivity index (χ3n) is 3.64. The van der Waals surface area contributed by atoms with Crippen LogP contribution in [-0.2, 0) is 4.74 Å². The van der Waals surface area contributed by atoms with Crippen LogP contribution in [0.15, 0.2) is 24.5 Å². The van der Waals surface area contributed by atoms with E-state index in [1.54, 1.807) is 13.4 Å². The average molecular weight is 270 g/mol. The number of hydrogen-bond acceptors (Lipinski definition) is 4. The van der Waals surface area contributed by atoms with E-state index in [0.29, 0.717) is 0 Å². The van der Waals surface area contributed by atoms with Gasteiger partial charge >= 0.3 is 0 Å². The van der Waals surface area contributed by atoms with E-state index in [4.69, 9.17) is 14.5 Å². The molecule has 1 aromatic carbocycles. The summed E-state index contributed by atoms with van der Waals surface area (Å²) in [5, 5.41) is 4.41. The molecule has 3 rings (SSSR count). The van der Waals surface area contributed by atoms with Crippen LogP contribution >= 0.6 is 0 Å². The molecular weight excluding hydrogens is 252 g/mol. The molecule has 1 aliphatic rings. The molecule has 20 heavy (non-hydrogen) atoms. The molecule has 4 heteroatoms. The highest BCUT2D eigenvalue weighted by Gasteiger charge is 2.17. The van der Waals surface area contributed by atoms with Gasteiger partial charge in [-0.1, -0.05) is 0 Å². The SMILES string of the molecule is COc1ccc2c(C)cc(C3=COC(C)N3)nc2c1C. The molecule has 0 saturated heterocycles. The van der Waals surface area contributed by atoms with Crippen molar-refractivity contribution >= 4 is 16.6 Å². The van der Waals surface area contributed by atoms with Crippen molar-refractivity contribution in [1.82, 2.24) is 10.3 Å². The Morgan fingerprint density at radius 3 is 2.75 bits per heavy atom. The molecule has 2 aromatic rings. The maximum atomic E-state index is 5.41. The summed E-state index contributed by atoms with van der Waals surface area (Å²) in [5.74, 6) is 0.861. The average Bonchev–Trinajstić information content (AvgIpc) is 2.86. The number of nitrogens with zero attached hydrogens (tertiary/aromatic N) is 1. The van der Waals surface area contributed by atoms with Crippen LogP contribution in [0, 0.1) is 13.8 Å². The molecule has 0 aliphatic carbocycles. The largest absolute Gasteiger partial charge is 0.496 e. The van der Waals surface area contributed by atoms with E-state index in [1.807, 2.05) is 19.9 Å². The van der Waals surface area contributed by atoms with Crippen molar-refractivity contribution in [2.75, 3.05) is 7.11 Å². The minimum Gasteiger partial charge on any atom is -0.496 e. The highest BCUT2D eigenvalue weighted by molar-refractivity contribution is 5.88. The molecule has 104 valence electrons. The molecule has 1 N–H and O–H groups in total. The van der Waals surface area contributed by atoms with Crippen LogP contribution < -0.4 is 10.1 Å². The lowest BCUT2D eigenvalue weighted by molar-refractivity contribution is 0.171. The summed E-state index contributed by atoms with van der Waals surface area (Å²) in [6.07, 6.45) is 1.72. The molecule has 1 unspecified atom stereocenters. The predicted octanol–water partition coefficient (Wildman–Crippen LogP) is 3.12. The quantitative estimate of drug-likeness (QED) is 0.910. The lowest BCUT2D eigenvalue weighted by Gasteiger charge is -2.12. The molecule has 4 nitrogen and oxygen atoms in total. The summed E-state index contributed by atoms with van der Waals surface area (Å²) in [4.78, 5) is 4.77. The number of aromatic nitrogens is 1. The Bertz CT molecular complexity index is 707. The standard InChI is InChI=1S/C16H18N2O2/c1-9-7-13(14-8-20-11(3)17-14)18-16-10(2)15(19-4)6-5-12(9)16/h5-8,11,17H,1-4H3. The van der Waals surface area contributed by atoms with Gasteiger partial charge in [-0.05, 0) is 44.5 Å². The normalized spacial score (nSPS) is 17.6. The van der Waals surface area contributed by atoms with Crippen molar-refractivity contribution in [3.8, 4) is 5.75 Å². The molecule has 1 aromatic heterocycles. The Morgan fingerprint density at radius 1 is 1.30 bits per heavy atom. The van der Waals surface area contributed by atoms with Gasteiger partial charge in [-0.15, -0.1) is 0 Å². The van der Waals surface area contributed by atoms with Crippen LogP contribution in [0.1, 0.15) is 23.7 Å². The summed E-state index contributed by atoms with van der Waals surface area (Å²) >= 11 is 0. The zero-order valence-corrected chi connectivity index (χ0v) is 12.2. The Kier molecular flexibility index (Phi) is 3.01. The fourth-order valence-electron chi connectivity index (χ4n) is 2.53. The first-order valence-electron chi connectivity index (χ1n) is 6.67. The van der Waals surface area contributed by atoms with Gasteiger partial charge in [0.2, 0.25) is 0 Å². The number of methoxy groups -OCH3 is 1. The zero-order chi connectivity index (χ0) is 14.3. The van der Waals surface area contributed by atoms with Crippen molar-refractivity contribution < 1.29 is 9.47 Å². The van der Waals surface area contributed by atoms with Crippen LogP contribution in [0.5, 0.6) is 5.75 Å². The van der Waals surface area contributed by atoms with E-state index < -0.39 is 0 Å². The molecule has 0 amide bonds. The zero-order valence-electron chi connectivity index (χ0n) is 12.2. The fraction of sp³-hybridized carbons (Fsp3) is 0.312. The second-order valence-corrected chi connectivity index (χ2v) is 5.07. The summed E-state index contributed by atoms with van der Waals surface area (Å²) in [6, 6.07) is 6.13. The molecule has 1 aliphatic heterocycles. The van der Waals surface area contributed by atoms with E-state index in [9.17, 15) is 0 Å². The number of ether oxygens (including phenoxy) is 2. The number of pyridine rings is 1. The maximum Gasteiger partial charge on any atom is 0.166 e. The van der Waals surface area contributed by atoms with E-state index >= 15 is 0 Å². The Labute approximate surface area is 118 Å². The van der Waals surface area contributed by atoms with Gasteiger partial charge in [0.25, 0.3) is 0 Å². The van der Waals surface area contributed by atoms with Gasteiger partial charge in [-0.25, -0.2) is 4.98 Å². The topological polar surface area (TPSA) is 43.4 Å².